The van der Waals surface area contributed by atoms with Gasteiger partial charge in [-0.1, -0.05) is 25.4 Å². The second-order valence-electron chi connectivity index (χ2n) is 7.77. The highest BCUT2D eigenvalue weighted by Crippen LogP contribution is 2.32. The number of thioether (sulfide) groups is 1. The summed E-state index contributed by atoms with van der Waals surface area (Å²) < 4.78 is 24.0. The van der Waals surface area contributed by atoms with Crippen molar-refractivity contribution in [2.75, 3.05) is 37.3 Å². The van der Waals surface area contributed by atoms with Crippen LogP contribution in [0, 0.1) is 10.1 Å². The molecular formula is C21H24ClN3O5S2. The molecule has 0 atom stereocenters. The van der Waals surface area contributed by atoms with Gasteiger partial charge in [-0.2, -0.15) is 0 Å². The quantitative estimate of drug-likeness (QED) is 0.336. The zero-order valence-corrected chi connectivity index (χ0v) is 20.3. The van der Waals surface area contributed by atoms with Crippen molar-refractivity contribution in [1.29, 1.82) is 0 Å². The minimum absolute atomic E-state index is 0.0755. The number of hydrogen-bond acceptors (Lipinski definition) is 7. The maximum atomic E-state index is 13.3. The Balaban J connectivity index is 1.80. The smallest absolute Gasteiger partial charge is 0.271 e. The summed E-state index contributed by atoms with van der Waals surface area (Å²) in [4.78, 5) is 28.3. The Morgan fingerprint density at radius 3 is 2.31 bits per heavy atom. The van der Waals surface area contributed by atoms with Gasteiger partial charge in [-0.25, -0.2) is 8.42 Å². The van der Waals surface area contributed by atoms with Crippen LogP contribution in [0.15, 0.2) is 46.2 Å². The van der Waals surface area contributed by atoms with Crippen LogP contribution in [0.3, 0.4) is 0 Å². The standard InChI is InChI=1S/C21H24ClN3O5S2/c1-14(2)31-20-7-5-16(32(3,29)30)13-17(20)21(26)24-10-8-23(9-11-24)19-6-4-15(25(27)28)12-18(19)22/h4-7,12-14H,8-11H2,1-3H3. The predicted molar refractivity (Wildman–Crippen MR) is 127 cm³/mol. The molecule has 1 amide bonds. The van der Waals surface area contributed by atoms with Crippen LogP contribution in [0.1, 0.15) is 24.2 Å². The molecule has 1 heterocycles. The van der Waals surface area contributed by atoms with Gasteiger partial charge in [-0.15, -0.1) is 11.8 Å². The SMILES string of the molecule is CC(C)Sc1ccc(S(C)(=O)=O)cc1C(=O)N1CCN(c2ccc([N+](=O)[O-])cc2Cl)CC1. The van der Waals surface area contributed by atoms with Gasteiger partial charge in [0.15, 0.2) is 9.84 Å². The molecule has 0 spiro atoms. The van der Waals surface area contributed by atoms with Crippen LogP contribution in [0.5, 0.6) is 0 Å². The average Bonchev–Trinajstić information content (AvgIpc) is 2.72. The van der Waals surface area contributed by atoms with Crippen molar-refractivity contribution < 1.29 is 18.1 Å². The van der Waals surface area contributed by atoms with Gasteiger partial charge in [0.05, 0.1) is 26.1 Å². The Morgan fingerprint density at radius 1 is 1.12 bits per heavy atom. The summed E-state index contributed by atoms with van der Waals surface area (Å²) in [5, 5.41) is 11.4. The maximum absolute atomic E-state index is 13.3. The third-order valence-corrected chi connectivity index (χ3v) is 7.52. The highest BCUT2D eigenvalue weighted by atomic mass is 35.5. The Morgan fingerprint density at radius 2 is 1.78 bits per heavy atom. The number of anilines is 1. The van der Waals surface area contributed by atoms with Crippen molar-refractivity contribution in [3.8, 4) is 0 Å². The molecule has 2 aromatic carbocycles. The number of carbonyl (C=O) groups excluding carboxylic acids is 1. The molecule has 0 aromatic heterocycles. The minimum Gasteiger partial charge on any atom is -0.367 e. The van der Waals surface area contributed by atoms with Crippen molar-refractivity contribution in [1.82, 2.24) is 4.90 Å². The highest BCUT2D eigenvalue weighted by molar-refractivity contribution is 8.00. The van der Waals surface area contributed by atoms with Crippen LogP contribution in [0.2, 0.25) is 5.02 Å². The molecule has 2 aromatic rings. The summed E-state index contributed by atoms with van der Waals surface area (Å²) in [6.07, 6.45) is 1.12. The van der Waals surface area contributed by atoms with Crippen molar-refractivity contribution in [3.63, 3.8) is 0 Å². The molecule has 0 saturated carbocycles. The third-order valence-electron chi connectivity index (χ3n) is 5.02. The number of carbonyl (C=O) groups is 1. The molecule has 0 bridgehead atoms. The monoisotopic (exact) mass is 497 g/mol. The molecule has 1 fully saturated rings. The molecule has 1 aliphatic heterocycles. The van der Waals surface area contributed by atoms with E-state index in [1.54, 1.807) is 17.0 Å². The first-order valence-corrected chi connectivity index (χ1v) is 13.1. The van der Waals surface area contributed by atoms with Gasteiger partial charge in [0.1, 0.15) is 0 Å². The van der Waals surface area contributed by atoms with E-state index in [0.29, 0.717) is 37.4 Å². The van der Waals surface area contributed by atoms with Crippen LogP contribution in [0.25, 0.3) is 0 Å². The summed E-state index contributed by atoms with van der Waals surface area (Å²) in [5.74, 6) is -0.215. The second-order valence-corrected chi connectivity index (χ2v) is 11.8. The Kier molecular flexibility index (Phi) is 7.36. The summed E-state index contributed by atoms with van der Waals surface area (Å²) in [5.41, 5.74) is 0.987. The number of hydrogen-bond donors (Lipinski definition) is 0. The number of non-ortho nitro benzene ring substituents is 1. The van der Waals surface area contributed by atoms with Gasteiger partial charge in [0.25, 0.3) is 11.6 Å². The van der Waals surface area contributed by atoms with Crippen molar-refractivity contribution in [2.45, 2.75) is 28.9 Å². The van der Waals surface area contributed by atoms with Crippen LogP contribution >= 0.6 is 23.4 Å². The molecule has 0 N–H and O–H groups in total. The van der Waals surface area contributed by atoms with E-state index in [2.05, 4.69) is 0 Å². The molecule has 32 heavy (non-hydrogen) atoms. The van der Waals surface area contributed by atoms with Gasteiger partial charge in [-0.3, -0.25) is 14.9 Å². The fraction of sp³-hybridized carbons (Fsp3) is 0.381. The van der Waals surface area contributed by atoms with E-state index in [0.717, 1.165) is 11.2 Å². The fourth-order valence-corrected chi connectivity index (χ4v) is 5.32. The Bertz CT molecular complexity index is 1150. The van der Waals surface area contributed by atoms with E-state index >= 15 is 0 Å². The van der Waals surface area contributed by atoms with Gasteiger partial charge in [-0.05, 0) is 24.3 Å². The van der Waals surface area contributed by atoms with Crippen LogP contribution in [-0.2, 0) is 9.84 Å². The lowest BCUT2D eigenvalue weighted by Gasteiger charge is -2.36. The van der Waals surface area contributed by atoms with E-state index in [-0.39, 0.29) is 26.8 Å². The number of benzene rings is 2. The molecule has 3 rings (SSSR count). The van der Waals surface area contributed by atoms with Crippen molar-refractivity contribution >= 4 is 50.5 Å². The van der Waals surface area contributed by atoms with Gasteiger partial charge >= 0.3 is 0 Å². The van der Waals surface area contributed by atoms with Crippen LogP contribution < -0.4 is 4.90 Å². The second kappa shape index (κ2) is 9.68. The zero-order valence-electron chi connectivity index (χ0n) is 17.9. The number of sulfone groups is 1. The first-order valence-electron chi connectivity index (χ1n) is 9.96. The Labute approximate surface area is 196 Å². The van der Waals surface area contributed by atoms with Gasteiger partial charge in [0, 0.05) is 54.7 Å². The van der Waals surface area contributed by atoms with E-state index in [1.165, 1.54) is 36.0 Å². The number of rotatable bonds is 6. The Hall–Kier alpha value is -2.30. The topological polar surface area (TPSA) is 101 Å². The van der Waals surface area contributed by atoms with E-state index in [9.17, 15) is 23.3 Å². The molecule has 0 radical (unpaired) electrons. The molecule has 1 aliphatic rings. The minimum atomic E-state index is -3.44. The third kappa shape index (κ3) is 5.54. The number of nitro groups is 1. The number of nitrogens with zero attached hydrogens (tertiary/aromatic N) is 3. The lowest BCUT2D eigenvalue weighted by atomic mass is 10.1. The molecule has 1 saturated heterocycles. The molecule has 0 unspecified atom stereocenters. The first-order chi connectivity index (χ1) is 15.0. The van der Waals surface area contributed by atoms with E-state index in [1.807, 2.05) is 18.7 Å². The fourth-order valence-electron chi connectivity index (χ4n) is 3.45. The normalized spacial score (nSPS) is 14.7. The summed E-state index contributed by atoms with van der Waals surface area (Å²) in [7, 11) is -3.44. The highest BCUT2D eigenvalue weighted by Gasteiger charge is 2.27. The number of piperazine rings is 1. The van der Waals surface area contributed by atoms with Crippen LogP contribution in [0.4, 0.5) is 11.4 Å². The van der Waals surface area contributed by atoms with Gasteiger partial charge < -0.3 is 9.80 Å². The lowest BCUT2D eigenvalue weighted by molar-refractivity contribution is -0.384. The maximum Gasteiger partial charge on any atom is 0.271 e. The molecule has 11 heteroatoms. The number of amides is 1. The summed E-state index contributed by atoms with van der Waals surface area (Å²) in [6, 6.07) is 9.03. The van der Waals surface area contributed by atoms with Crippen molar-refractivity contribution in [3.05, 3.63) is 57.1 Å². The number of halogens is 1. The molecular weight excluding hydrogens is 474 g/mol. The molecule has 8 nitrogen and oxygen atoms in total. The molecule has 172 valence electrons. The first kappa shape index (κ1) is 24.3. The van der Waals surface area contributed by atoms with Crippen LogP contribution in [-0.4, -0.2) is 61.8 Å². The number of nitro benzene ring substituents is 1. The van der Waals surface area contributed by atoms with E-state index < -0.39 is 14.8 Å². The largest absolute Gasteiger partial charge is 0.367 e. The predicted octanol–water partition coefficient (Wildman–Crippen LogP) is 4.11. The molecule has 0 aliphatic carbocycles. The summed E-state index contributed by atoms with van der Waals surface area (Å²) in [6.45, 7) is 5.86. The average molecular weight is 498 g/mol. The summed E-state index contributed by atoms with van der Waals surface area (Å²) >= 11 is 7.76. The zero-order chi connectivity index (χ0) is 23.6. The van der Waals surface area contributed by atoms with E-state index in [4.69, 9.17) is 11.6 Å². The lowest BCUT2D eigenvalue weighted by Crippen LogP contribution is -2.49. The van der Waals surface area contributed by atoms with Gasteiger partial charge in [0.2, 0.25) is 0 Å². The van der Waals surface area contributed by atoms with Crippen molar-refractivity contribution in [2.24, 2.45) is 0 Å².